The number of hydrogen-bond acceptors (Lipinski definition) is 11. The van der Waals surface area contributed by atoms with E-state index in [1.807, 2.05) is 13.0 Å². The van der Waals surface area contributed by atoms with Crippen LogP contribution in [0.25, 0.3) is 0 Å². The molecule has 0 radical (unpaired) electrons. The molecule has 216 valence electrons. The quantitative estimate of drug-likeness (QED) is 0.237. The number of carbonyl (C=O) groups is 1. The molecular weight excluding hydrogens is 534 g/mol. The van der Waals surface area contributed by atoms with Gasteiger partial charge in [-0.1, -0.05) is 25.5 Å². The van der Waals surface area contributed by atoms with Gasteiger partial charge in [0.2, 0.25) is 6.35 Å². The van der Waals surface area contributed by atoms with Crippen LogP contribution in [0.2, 0.25) is 0 Å². The molecule has 4 N–H and O–H groups in total. The van der Waals surface area contributed by atoms with Crippen molar-refractivity contribution in [3.63, 3.8) is 0 Å². The van der Waals surface area contributed by atoms with E-state index in [0.717, 1.165) is 35.9 Å². The summed E-state index contributed by atoms with van der Waals surface area (Å²) >= 11 is 0. The van der Waals surface area contributed by atoms with Gasteiger partial charge in [0.25, 0.3) is 0 Å². The highest BCUT2D eigenvalue weighted by Crippen LogP contribution is 2.47. The fourth-order valence-corrected chi connectivity index (χ4v) is 5.59. The van der Waals surface area contributed by atoms with E-state index in [2.05, 4.69) is 10.1 Å². The number of halogens is 1. The van der Waals surface area contributed by atoms with Gasteiger partial charge < -0.3 is 34.5 Å². The highest BCUT2D eigenvalue weighted by Gasteiger charge is 2.39. The summed E-state index contributed by atoms with van der Waals surface area (Å²) in [7, 11) is -4.16. The smallest absolute Gasteiger partial charge is 0.459 e. The van der Waals surface area contributed by atoms with Crippen molar-refractivity contribution in [1.82, 2.24) is 9.99 Å². The second kappa shape index (κ2) is 12.8. The molecule has 1 aromatic rings. The molecule has 4 rings (SSSR count). The number of benzene rings is 1. The average Bonchev–Trinajstić information content (AvgIpc) is 3.63. The van der Waals surface area contributed by atoms with Gasteiger partial charge in [0.15, 0.2) is 24.2 Å². The van der Waals surface area contributed by atoms with E-state index in [0.29, 0.717) is 18.1 Å². The van der Waals surface area contributed by atoms with E-state index in [1.54, 1.807) is 25.1 Å². The number of hydrogen-bond donors (Lipinski definition) is 3. The molecule has 3 aliphatic rings. The third kappa shape index (κ3) is 8.00. The topological polar surface area (TPSA) is 154 Å². The van der Waals surface area contributed by atoms with Crippen LogP contribution in [0.5, 0.6) is 5.75 Å². The van der Waals surface area contributed by atoms with Gasteiger partial charge in [-0.05, 0) is 56.7 Å². The van der Waals surface area contributed by atoms with E-state index >= 15 is 0 Å². The summed E-state index contributed by atoms with van der Waals surface area (Å²) in [5.41, 5.74) is 6.45. The summed E-state index contributed by atoms with van der Waals surface area (Å²) in [5.74, 6) is -1.10. The third-order valence-corrected chi connectivity index (χ3v) is 7.97. The zero-order valence-electron chi connectivity index (χ0n) is 22.2. The van der Waals surface area contributed by atoms with Crippen LogP contribution in [-0.4, -0.2) is 66.0 Å². The summed E-state index contributed by atoms with van der Waals surface area (Å²) in [4.78, 5) is 17.3. The molecule has 0 aromatic heterocycles. The first-order valence-electron chi connectivity index (χ1n) is 13.0. The molecule has 0 amide bonds. The Hall–Kier alpha value is -2.54. The summed E-state index contributed by atoms with van der Waals surface area (Å²) in [5, 5.41) is 12.8. The Bertz CT molecular complexity index is 1130. The Kier molecular flexibility index (Phi) is 9.63. The van der Waals surface area contributed by atoms with Crippen molar-refractivity contribution in [3.8, 4) is 5.75 Å². The lowest BCUT2D eigenvalue weighted by Crippen LogP contribution is -2.44. The molecule has 39 heavy (non-hydrogen) atoms. The lowest BCUT2D eigenvalue weighted by Gasteiger charge is -2.30. The Morgan fingerprint density at radius 3 is 2.87 bits per heavy atom. The summed E-state index contributed by atoms with van der Waals surface area (Å²) in [6.07, 6.45) is 0.954. The first-order valence-corrected chi connectivity index (χ1v) is 14.6. The number of aliphatic hydroxyl groups excluding tert-OH is 1. The van der Waals surface area contributed by atoms with E-state index in [-0.39, 0.29) is 19.3 Å². The lowest BCUT2D eigenvalue weighted by atomic mass is 10.1. The number of rotatable bonds is 13. The Balaban J connectivity index is 1.41. The Labute approximate surface area is 226 Å². The maximum atomic E-state index is 13.9. The van der Waals surface area contributed by atoms with Crippen molar-refractivity contribution < 1.29 is 42.1 Å². The van der Waals surface area contributed by atoms with Crippen LogP contribution in [0, 0.1) is 0 Å². The van der Waals surface area contributed by atoms with Crippen molar-refractivity contribution in [1.29, 1.82) is 0 Å². The monoisotopic (exact) mass is 570 g/mol. The van der Waals surface area contributed by atoms with Crippen LogP contribution in [0.4, 0.5) is 4.39 Å². The molecule has 1 aromatic carbocycles. The molecule has 1 saturated heterocycles. The normalized spacial score (nSPS) is 26.3. The number of amidine groups is 1. The average molecular weight is 571 g/mol. The SMILES string of the molecule is CCC[C@H](C)OC(=O)[C@H](C)NP(=O)(OC[C@H]1OC[C@@H](N2C=C(F)C(N)=NC2O)O1)Oc1cccc(C2CC2)c1. The summed E-state index contributed by atoms with van der Waals surface area (Å²) in [6, 6.07) is 6.21. The van der Waals surface area contributed by atoms with Gasteiger partial charge in [0, 0.05) is 6.20 Å². The standard InChI is InChI=1S/C25H36FN4O8P/c1-4-6-15(2)36-24(31)16(3)29-39(33,38-19-8-5-7-18(11-19)17-9-10-17)35-14-22-34-13-21(37-22)30-12-20(26)23(27)28-25(30)32/h5,7-8,11-12,15-17,21-22,25,32H,4,6,9-10,13-14H2,1-3H3,(H2,27,28)(H,29,33)/t15-,16-,21-,22-,25?,39?/m0/s1. The molecule has 14 heteroatoms. The molecular formula is C25H36FN4O8P. The Morgan fingerprint density at radius 2 is 2.15 bits per heavy atom. The second-order valence-electron chi connectivity index (χ2n) is 9.76. The van der Waals surface area contributed by atoms with Crippen molar-refractivity contribution >= 4 is 19.6 Å². The maximum absolute atomic E-state index is 13.9. The molecule has 12 nitrogen and oxygen atoms in total. The maximum Gasteiger partial charge on any atom is 0.459 e. The molecule has 0 bridgehead atoms. The fourth-order valence-electron chi connectivity index (χ4n) is 4.12. The van der Waals surface area contributed by atoms with Gasteiger partial charge in [-0.25, -0.2) is 13.9 Å². The van der Waals surface area contributed by atoms with Gasteiger partial charge in [-0.3, -0.25) is 9.32 Å². The van der Waals surface area contributed by atoms with E-state index < -0.39 is 50.3 Å². The molecule has 1 saturated carbocycles. The van der Waals surface area contributed by atoms with Crippen molar-refractivity contribution in [2.45, 2.75) is 83.4 Å². The number of nitrogens with one attached hydrogen (secondary N) is 1. The van der Waals surface area contributed by atoms with Gasteiger partial charge in [0.05, 0.1) is 12.7 Å². The summed E-state index contributed by atoms with van der Waals surface area (Å²) in [6.45, 7) is 4.85. The Morgan fingerprint density at radius 1 is 1.38 bits per heavy atom. The van der Waals surface area contributed by atoms with Crippen molar-refractivity contribution in [2.24, 2.45) is 10.7 Å². The number of esters is 1. The second-order valence-corrected chi connectivity index (χ2v) is 11.5. The molecule has 2 fully saturated rings. The van der Waals surface area contributed by atoms with Crippen LogP contribution >= 0.6 is 7.75 Å². The molecule has 2 heterocycles. The zero-order chi connectivity index (χ0) is 28.2. The van der Waals surface area contributed by atoms with E-state index in [1.165, 1.54) is 6.92 Å². The predicted molar refractivity (Wildman–Crippen MR) is 139 cm³/mol. The van der Waals surface area contributed by atoms with Crippen molar-refractivity contribution in [3.05, 3.63) is 41.9 Å². The van der Waals surface area contributed by atoms with Crippen LogP contribution in [0.15, 0.2) is 41.3 Å². The highest BCUT2D eigenvalue weighted by molar-refractivity contribution is 7.52. The molecule has 6 atom stereocenters. The van der Waals surface area contributed by atoms with Gasteiger partial charge >= 0.3 is 13.7 Å². The van der Waals surface area contributed by atoms with Crippen LogP contribution in [-0.2, 0) is 28.1 Å². The highest BCUT2D eigenvalue weighted by atomic mass is 31.2. The molecule has 2 unspecified atom stereocenters. The van der Waals surface area contributed by atoms with Crippen LogP contribution in [0.3, 0.4) is 0 Å². The van der Waals surface area contributed by atoms with Gasteiger partial charge in [-0.15, -0.1) is 0 Å². The number of nitrogens with zero attached hydrogens (tertiary/aromatic N) is 2. The minimum atomic E-state index is -4.16. The van der Waals surface area contributed by atoms with Gasteiger partial charge in [-0.2, -0.15) is 5.09 Å². The first kappa shape index (κ1) is 29.4. The van der Waals surface area contributed by atoms with E-state index in [9.17, 15) is 18.9 Å². The molecule has 1 aliphatic carbocycles. The number of aliphatic imine (C=N–C) groups is 1. The largest absolute Gasteiger partial charge is 0.462 e. The molecule has 2 aliphatic heterocycles. The minimum absolute atomic E-state index is 0.0651. The number of carbonyl (C=O) groups excluding carboxylic acids is 1. The third-order valence-electron chi connectivity index (χ3n) is 6.33. The van der Waals surface area contributed by atoms with E-state index in [4.69, 9.17) is 29.0 Å². The van der Waals surface area contributed by atoms with Crippen molar-refractivity contribution in [2.75, 3.05) is 13.2 Å². The van der Waals surface area contributed by atoms with Crippen LogP contribution < -0.4 is 15.3 Å². The summed E-state index contributed by atoms with van der Waals surface area (Å²) < 4.78 is 55.9. The number of ether oxygens (including phenoxy) is 3. The lowest BCUT2D eigenvalue weighted by molar-refractivity contribution is -0.150. The number of nitrogens with two attached hydrogens (primary N) is 1. The number of aliphatic hydroxyl groups is 1. The fraction of sp³-hybridized carbons (Fsp3) is 0.600. The minimum Gasteiger partial charge on any atom is -0.462 e. The molecule has 0 spiro atoms. The first-order chi connectivity index (χ1) is 18.6. The van der Waals surface area contributed by atoms with Crippen LogP contribution in [0.1, 0.15) is 57.9 Å². The predicted octanol–water partition coefficient (Wildman–Crippen LogP) is 3.24. The van der Waals surface area contributed by atoms with Gasteiger partial charge in [0.1, 0.15) is 18.4 Å². The zero-order valence-corrected chi connectivity index (χ0v) is 23.1.